The second-order valence-electron chi connectivity index (χ2n) is 13.2. The van der Waals surface area contributed by atoms with Crippen LogP contribution in [0.15, 0.2) is 35.1 Å². The SMILES string of the molecule is C=C(O[C@H]1C(C)=C2[C@H]3OC(=O)[C@](C)(O)[C@]3(O)[C@H](OC(=O)CCC)C[C@@](C)(OC(C)=O)[C@@H]2[C@@H]1OC(=O)CCCCCCC)/C(C)=C/C. The highest BCUT2D eigenvalue weighted by molar-refractivity contribution is 5.85. The molecule has 1 saturated heterocycles. The molecule has 1 aliphatic heterocycles. The molecule has 2 N–H and O–H groups in total. The Morgan fingerprint density at radius 2 is 1.61 bits per heavy atom. The van der Waals surface area contributed by atoms with E-state index in [0.717, 1.165) is 38.2 Å². The number of aliphatic hydroxyl groups is 2. The highest BCUT2D eigenvalue weighted by Crippen LogP contribution is 2.57. The van der Waals surface area contributed by atoms with E-state index in [9.17, 15) is 29.4 Å². The number of rotatable bonds is 14. The molecule has 0 amide bonds. The van der Waals surface area contributed by atoms with Crippen molar-refractivity contribution in [3.05, 3.63) is 35.1 Å². The smallest absolute Gasteiger partial charge is 0.341 e. The van der Waals surface area contributed by atoms with Crippen LogP contribution in [0.4, 0.5) is 0 Å². The van der Waals surface area contributed by atoms with Crippen molar-refractivity contribution in [2.24, 2.45) is 5.92 Å². The molecule has 2 fully saturated rings. The molecule has 258 valence electrons. The third-order valence-electron chi connectivity index (χ3n) is 9.67. The number of carbonyl (C=O) groups excluding carboxylic acids is 4. The van der Waals surface area contributed by atoms with Crippen molar-refractivity contribution in [1.82, 2.24) is 0 Å². The Balaban J connectivity index is 2.23. The summed E-state index contributed by atoms with van der Waals surface area (Å²) >= 11 is 0. The Kier molecular flexibility index (Phi) is 11.9. The molecule has 0 spiro atoms. The first-order chi connectivity index (χ1) is 21.5. The Labute approximate surface area is 272 Å². The zero-order valence-corrected chi connectivity index (χ0v) is 28.6. The summed E-state index contributed by atoms with van der Waals surface area (Å²) in [5, 5.41) is 23.9. The molecule has 1 saturated carbocycles. The number of allylic oxidation sites excluding steroid dienone is 2. The maximum atomic E-state index is 13.4. The zero-order chi connectivity index (χ0) is 34.6. The molecule has 0 radical (unpaired) electrons. The van der Waals surface area contributed by atoms with Gasteiger partial charge in [0.15, 0.2) is 29.5 Å². The van der Waals surface area contributed by atoms with Gasteiger partial charge in [0.05, 0.1) is 5.92 Å². The van der Waals surface area contributed by atoms with Gasteiger partial charge in [0.25, 0.3) is 0 Å². The molecule has 8 atom stereocenters. The van der Waals surface area contributed by atoms with Crippen molar-refractivity contribution in [3.8, 4) is 0 Å². The van der Waals surface area contributed by atoms with Crippen LogP contribution < -0.4 is 0 Å². The predicted octanol–water partition coefficient (Wildman–Crippen LogP) is 4.92. The van der Waals surface area contributed by atoms with E-state index in [2.05, 4.69) is 13.5 Å². The predicted molar refractivity (Wildman–Crippen MR) is 168 cm³/mol. The molecular weight excluding hydrogens is 596 g/mol. The highest BCUT2D eigenvalue weighted by atomic mass is 16.6. The van der Waals surface area contributed by atoms with Gasteiger partial charge in [-0.3, -0.25) is 14.4 Å². The van der Waals surface area contributed by atoms with Crippen LogP contribution in [0, 0.1) is 5.92 Å². The molecule has 0 bridgehead atoms. The minimum atomic E-state index is -2.52. The van der Waals surface area contributed by atoms with Crippen LogP contribution in [0.25, 0.3) is 0 Å². The third-order valence-corrected chi connectivity index (χ3v) is 9.67. The molecule has 0 aromatic carbocycles. The number of hydrogen-bond acceptors (Lipinski definition) is 11. The van der Waals surface area contributed by atoms with Gasteiger partial charge in [0.1, 0.15) is 17.5 Å². The molecule has 1 heterocycles. The summed E-state index contributed by atoms with van der Waals surface area (Å²) in [6.07, 6.45) is 1.41. The number of esters is 4. The van der Waals surface area contributed by atoms with Crippen molar-refractivity contribution in [2.75, 3.05) is 0 Å². The van der Waals surface area contributed by atoms with Crippen LogP contribution in [0.2, 0.25) is 0 Å². The summed E-state index contributed by atoms with van der Waals surface area (Å²) in [6.45, 7) is 17.1. The van der Waals surface area contributed by atoms with E-state index in [-0.39, 0.29) is 24.8 Å². The molecule has 0 aromatic heterocycles. The van der Waals surface area contributed by atoms with Crippen LogP contribution in [-0.4, -0.2) is 75.3 Å². The molecule has 3 aliphatic rings. The average Bonchev–Trinajstić information content (AvgIpc) is 3.30. The summed E-state index contributed by atoms with van der Waals surface area (Å²) in [7, 11) is 0. The minimum absolute atomic E-state index is 0.00441. The third kappa shape index (κ3) is 7.05. The molecular formula is C35H52O11. The maximum Gasteiger partial charge on any atom is 0.341 e. The molecule has 3 rings (SSSR count). The minimum Gasteiger partial charge on any atom is -0.483 e. The monoisotopic (exact) mass is 648 g/mol. The second kappa shape index (κ2) is 14.7. The van der Waals surface area contributed by atoms with Crippen LogP contribution in [0.3, 0.4) is 0 Å². The van der Waals surface area contributed by atoms with E-state index in [0.29, 0.717) is 24.2 Å². The zero-order valence-electron chi connectivity index (χ0n) is 28.6. The second-order valence-corrected chi connectivity index (χ2v) is 13.2. The quantitative estimate of drug-likeness (QED) is 0.0659. The van der Waals surface area contributed by atoms with Gasteiger partial charge in [-0.15, -0.1) is 0 Å². The van der Waals surface area contributed by atoms with Crippen LogP contribution in [0.1, 0.15) is 113 Å². The van der Waals surface area contributed by atoms with E-state index in [4.69, 9.17) is 23.7 Å². The molecule has 46 heavy (non-hydrogen) atoms. The van der Waals surface area contributed by atoms with Gasteiger partial charge in [-0.05, 0) is 64.2 Å². The van der Waals surface area contributed by atoms with Gasteiger partial charge in [0.2, 0.25) is 0 Å². The van der Waals surface area contributed by atoms with Gasteiger partial charge < -0.3 is 33.9 Å². The Hall–Kier alpha value is -3.18. The molecule has 0 aromatic rings. The highest BCUT2D eigenvalue weighted by Gasteiger charge is 2.76. The normalized spacial score (nSPS) is 33.8. The molecule has 11 nitrogen and oxygen atoms in total. The summed E-state index contributed by atoms with van der Waals surface area (Å²) in [5.41, 5.74) is -5.21. The lowest BCUT2D eigenvalue weighted by Crippen LogP contribution is -2.64. The van der Waals surface area contributed by atoms with Crippen molar-refractivity contribution in [1.29, 1.82) is 0 Å². The number of unbranched alkanes of at least 4 members (excludes halogenated alkanes) is 4. The first-order valence-corrected chi connectivity index (χ1v) is 16.4. The summed E-state index contributed by atoms with van der Waals surface area (Å²) in [4.78, 5) is 52.1. The number of carbonyl (C=O) groups is 4. The van der Waals surface area contributed by atoms with Gasteiger partial charge >= 0.3 is 23.9 Å². The number of fused-ring (bicyclic) bond motifs is 3. The molecule has 2 aliphatic carbocycles. The van der Waals surface area contributed by atoms with Crippen LogP contribution in [0.5, 0.6) is 0 Å². The van der Waals surface area contributed by atoms with Crippen LogP contribution >= 0.6 is 0 Å². The van der Waals surface area contributed by atoms with Gasteiger partial charge in [-0.2, -0.15) is 0 Å². The summed E-state index contributed by atoms with van der Waals surface area (Å²) < 4.78 is 30.0. The standard InChI is InChI=1S/C35H52O11/c1-10-13-14-15-16-18-26(38)44-30-28-27(21(5)29(30)42-22(6)20(4)12-3)31-35(41,34(9,40)32(39)45-31)24(43-25(37)17-11-2)19-33(28,8)46-23(7)36/h12,24,28-31,40-41H,6,10-11,13-19H2,1-5,7-9H3/b20-12+/t24-,28+,29+,30+,31-,33-,34+,35+/m1/s1. The van der Waals surface area contributed by atoms with E-state index < -0.39 is 71.0 Å². The largest absolute Gasteiger partial charge is 0.483 e. The van der Waals surface area contributed by atoms with Gasteiger partial charge in [0, 0.05) is 26.2 Å². The summed E-state index contributed by atoms with van der Waals surface area (Å²) in [6, 6.07) is 0. The van der Waals surface area contributed by atoms with Crippen molar-refractivity contribution in [3.63, 3.8) is 0 Å². The average molecular weight is 649 g/mol. The molecule has 0 unspecified atom stereocenters. The Morgan fingerprint density at radius 1 is 0.978 bits per heavy atom. The first-order valence-electron chi connectivity index (χ1n) is 16.4. The maximum absolute atomic E-state index is 13.4. The lowest BCUT2D eigenvalue weighted by molar-refractivity contribution is -0.211. The topological polar surface area (TPSA) is 155 Å². The Morgan fingerprint density at radius 3 is 2.20 bits per heavy atom. The fourth-order valence-electron chi connectivity index (χ4n) is 6.98. The van der Waals surface area contributed by atoms with Crippen molar-refractivity contribution >= 4 is 23.9 Å². The van der Waals surface area contributed by atoms with E-state index in [1.165, 1.54) is 6.92 Å². The Bertz CT molecular complexity index is 1260. The van der Waals surface area contributed by atoms with Crippen molar-refractivity contribution < 1.29 is 53.1 Å². The lowest BCUT2D eigenvalue weighted by atomic mass is 9.75. The van der Waals surface area contributed by atoms with E-state index in [1.807, 2.05) is 19.9 Å². The number of hydrogen-bond donors (Lipinski definition) is 2. The summed E-state index contributed by atoms with van der Waals surface area (Å²) in [5.74, 6) is -3.70. The van der Waals surface area contributed by atoms with Crippen molar-refractivity contribution in [2.45, 2.75) is 154 Å². The van der Waals surface area contributed by atoms with E-state index >= 15 is 0 Å². The fourth-order valence-corrected chi connectivity index (χ4v) is 6.98. The first kappa shape index (κ1) is 37.3. The fraction of sp³-hybridized carbons (Fsp3) is 0.714. The lowest BCUT2D eigenvalue weighted by Gasteiger charge is -2.42. The van der Waals surface area contributed by atoms with E-state index in [1.54, 1.807) is 20.8 Å². The van der Waals surface area contributed by atoms with Crippen LogP contribution in [-0.2, 0) is 42.9 Å². The molecule has 11 heteroatoms. The van der Waals surface area contributed by atoms with Gasteiger partial charge in [-0.25, -0.2) is 4.79 Å². The number of ether oxygens (including phenoxy) is 5. The van der Waals surface area contributed by atoms with Gasteiger partial charge in [-0.1, -0.05) is 52.2 Å².